The Hall–Kier alpha value is -1.26. The second kappa shape index (κ2) is 4.72. The Morgan fingerprint density at radius 1 is 1.50 bits per heavy atom. The molecule has 0 radical (unpaired) electrons. The van der Waals surface area contributed by atoms with Gasteiger partial charge in [-0.25, -0.2) is 4.39 Å². The zero-order chi connectivity index (χ0) is 11.5. The van der Waals surface area contributed by atoms with E-state index in [0.29, 0.717) is 6.54 Å². The average molecular weight is 222 g/mol. The number of Topliss-reactive ketones (excluding diaryl/α,β-unsaturated/α-hetero) is 1. The topological polar surface area (TPSA) is 32.3 Å². The van der Waals surface area contributed by atoms with Crippen LogP contribution in [0.5, 0.6) is 0 Å². The first kappa shape index (κ1) is 11.2. The lowest BCUT2D eigenvalue weighted by molar-refractivity contribution is 0.0815. The number of carbonyl (C=O) groups is 1. The normalized spacial score (nSPS) is 22.0. The molecule has 0 aliphatic carbocycles. The fraction of sp³-hybridized carbons (Fsp3) is 0.417. The predicted molar refractivity (Wildman–Crippen MR) is 60.0 cm³/mol. The van der Waals surface area contributed by atoms with Crippen LogP contribution in [0.3, 0.4) is 0 Å². The number of benzene rings is 1. The van der Waals surface area contributed by atoms with Crippen LogP contribution < -0.4 is 5.32 Å². The van der Waals surface area contributed by atoms with Crippen molar-refractivity contribution < 1.29 is 9.18 Å². The van der Waals surface area contributed by atoms with Gasteiger partial charge in [0.05, 0.1) is 11.6 Å². The van der Waals surface area contributed by atoms with Crippen molar-refractivity contribution >= 4 is 5.78 Å². The van der Waals surface area contributed by atoms with Gasteiger partial charge >= 0.3 is 0 Å². The Balaban J connectivity index is 2.21. The number of ketones is 1. The molecule has 0 aromatic heterocycles. The summed E-state index contributed by atoms with van der Waals surface area (Å²) in [6.45, 7) is 2.27. The van der Waals surface area contributed by atoms with E-state index >= 15 is 0 Å². The van der Waals surface area contributed by atoms with E-state index in [-0.39, 0.29) is 17.4 Å². The van der Waals surface area contributed by atoms with Gasteiger partial charge in [-0.05, 0) is 19.2 Å². The van der Waals surface area contributed by atoms with Gasteiger partial charge in [0.1, 0.15) is 5.82 Å². The maximum absolute atomic E-state index is 13.5. The minimum Gasteiger partial charge on any atom is -0.313 e. The molecule has 0 bridgehead atoms. The molecule has 1 unspecified atom stereocenters. The van der Waals surface area contributed by atoms with Crippen molar-refractivity contribution in [2.75, 3.05) is 26.7 Å². The highest BCUT2D eigenvalue weighted by molar-refractivity contribution is 6.00. The van der Waals surface area contributed by atoms with E-state index in [4.69, 9.17) is 0 Å². The SMILES string of the molecule is CN1CCNCC1C(=O)c1ccccc1F. The second-order valence-corrected chi connectivity index (χ2v) is 4.04. The van der Waals surface area contributed by atoms with Crippen molar-refractivity contribution in [1.29, 1.82) is 0 Å². The summed E-state index contributed by atoms with van der Waals surface area (Å²) in [4.78, 5) is 14.1. The minimum absolute atomic E-state index is 0.146. The number of halogens is 1. The molecule has 1 aliphatic heterocycles. The van der Waals surface area contributed by atoms with Gasteiger partial charge in [-0.2, -0.15) is 0 Å². The number of piperazine rings is 1. The highest BCUT2D eigenvalue weighted by Crippen LogP contribution is 2.13. The number of likely N-dealkylation sites (N-methyl/N-ethyl adjacent to an activating group) is 1. The second-order valence-electron chi connectivity index (χ2n) is 4.04. The number of carbonyl (C=O) groups excluding carboxylic acids is 1. The van der Waals surface area contributed by atoms with Gasteiger partial charge in [0.25, 0.3) is 0 Å². The van der Waals surface area contributed by atoms with Crippen molar-refractivity contribution in [3.63, 3.8) is 0 Å². The molecule has 1 heterocycles. The van der Waals surface area contributed by atoms with Gasteiger partial charge in [0.15, 0.2) is 5.78 Å². The zero-order valence-corrected chi connectivity index (χ0v) is 9.24. The highest BCUT2D eigenvalue weighted by atomic mass is 19.1. The third-order valence-corrected chi connectivity index (χ3v) is 2.95. The van der Waals surface area contributed by atoms with E-state index in [2.05, 4.69) is 5.32 Å². The summed E-state index contributed by atoms with van der Waals surface area (Å²) in [5.74, 6) is -0.584. The molecule has 1 saturated heterocycles. The number of nitrogens with one attached hydrogen (secondary N) is 1. The summed E-state index contributed by atoms with van der Waals surface area (Å²) in [6, 6.07) is 5.89. The van der Waals surface area contributed by atoms with E-state index in [9.17, 15) is 9.18 Å². The van der Waals surface area contributed by atoms with Gasteiger partial charge in [-0.3, -0.25) is 9.69 Å². The van der Waals surface area contributed by atoms with Gasteiger partial charge in [0.2, 0.25) is 0 Å². The molecule has 1 N–H and O–H groups in total. The predicted octanol–water partition coefficient (Wildman–Crippen LogP) is 0.912. The van der Waals surface area contributed by atoms with Crippen LogP contribution in [-0.2, 0) is 0 Å². The van der Waals surface area contributed by atoms with E-state index in [1.165, 1.54) is 6.07 Å². The summed E-state index contributed by atoms with van der Waals surface area (Å²) >= 11 is 0. The zero-order valence-electron chi connectivity index (χ0n) is 9.24. The molecule has 0 spiro atoms. The number of hydrogen-bond acceptors (Lipinski definition) is 3. The molecule has 1 aromatic rings. The Morgan fingerprint density at radius 2 is 2.25 bits per heavy atom. The lowest BCUT2D eigenvalue weighted by atomic mass is 10.0. The van der Waals surface area contributed by atoms with Crippen molar-refractivity contribution in [3.8, 4) is 0 Å². The lowest BCUT2D eigenvalue weighted by Gasteiger charge is -2.31. The maximum atomic E-state index is 13.5. The number of hydrogen-bond donors (Lipinski definition) is 1. The molecule has 1 aliphatic rings. The van der Waals surface area contributed by atoms with Crippen molar-refractivity contribution in [2.24, 2.45) is 0 Å². The third kappa shape index (κ3) is 2.13. The van der Waals surface area contributed by atoms with Gasteiger partial charge in [-0.15, -0.1) is 0 Å². The largest absolute Gasteiger partial charge is 0.313 e. The maximum Gasteiger partial charge on any atom is 0.184 e. The van der Waals surface area contributed by atoms with Gasteiger partial charge in [0, 0.05) is 19.6 Å². The van der Waals surface area contributed by atoms with E-state index in [1.807, 2.05) is 11.9 Å². The monoisotopic (exact) mass is 222 g/mol. The van der Waals surface area contributed by atoms with Crippen molar-refractivity contribution in [3.05, 3.63) is 35.6 Å². The van der Waals surface area contributed by atoms with Crippen LogP contribution in [-0.4, -0.2) is 43.4 Å². The van der Waals surface area contributed by atoms with Crippen LogP contribution in [0.2, 0.25) is 0 Å². The molecule has 0 amide bonds. The summed E-state index contributed by atoms with van der Waals surface area (Å²) in [5, 5.41) is 3.15. The molecular weight excluding hydrogens is 207 g/mol. The van der Waals surface area contributed by atoms with Crippen molar-refractivity contribution in [2.45, 2.75) is 6.04 Å². The third-order valence-electron chi connectivity index (χ3n) is 2.95. The van der Waals surface area contributed by atoms with E-state index in [1.54, 1.807) is 18.2 Å². The molecular formula is C12H15FN2O. The first-order valence-corrected chi connectivity index (χ1v) is 5.40. The van der Waals surface area contributed by atoms with Crippen LogP contribution in [0.1, 0.15) is 10.4 Å². The first-order valence-electron chi connectivity index (χ1n) is 5.40. The first-order chi connectivity index (χ1) is 7.70. The minimum atomic E-state index is -0.438. The molecule has 1 fully saturated rings. The van der Waals surface area contributed by atoms with Crippen LogP contribution in [0, 0.1) is 5.82 Å². The molecule has 3 nitrogen and oxygen atoms in total. The number of rotatable bonds is 2. The molecule has 1 atom stereocenters. The van der Waals surface area contributed by atoms with Gasteiger partial charge in [-0.1, -0.05) is 12.1 Å². The smallest absolute Gasteiger partial charge is 0.184 e. The van der Waals surface area contributed by atoms with Crippen LogP contribution in [0.4, 0.5) is 4.39 Å². The fourth-order valence-electron chi connectivity index (χ4n) is 1.94. The summed E-state index contributed by atoms with van der Waals surface area (Å²) in [7, 11) is 1.89. The standard InChI is InChI=1S/C12H15FN2O/c1-15-7-6-14-8-11(15)12(16)9-4-2-3-5-10(9)13/h2-5,11,14H,6-8H2,1H3. The van der Waals surface area contributed by atoms with E-state index in [0.717, 1.165) is 13.1 Å². The van der Waals surface area contributed by atoms with Crippen LogP contribution >= 0.6 is 0 Å². The van der Waals surface area contributed by atoms with Crippen molar-refractivity contribution in [1.82, 2.24) is 10.2 Å². The van der Waals surface area contributed by atoms with Gasteiger partial charge < -0.3 is 5.32 Å². The Kier molecular flexibility index (Phi) is 3.31. The average Bonchev–Trinajstić information content (AvgIpc) is 2.29. The molecule has 1 aromatic carbocycles. The fourth-order valence-corrected chi connectivity index (χ4v) is 1.94. The molecule has 16 heavy (non-hydrogen) atoms. The quantitative estimate of drug-likeness (QED) is 0.755. The molecule has 0 saturated carbocycles. The summed E-state index contributed by atoms with van der Waals surface area (Å²) in [5.41, 5.74) is 0.183. The summed E-state index contributed by atoms with van der Waals surface area (Å²) in [6.07, 6.45) is 0. The van der Waals surface area contributed by atoms with Crippen LogP contribution in [0.15, 0.2) is 24.3 Å². The molecule has 2 rings (SSSR count). The highest BCUT2D eigenvalue weighted by Gasteiger charge is 2.27. The molecule has 86 valence electrons. The molecule has 4 heteroatoms. The number of nitrogens with zero attached hydrogens (tertiary/aromatic N) is 1. The Morgan fingerprint density at radius 3 is 2.94 bits per heavy atom. The lowest BCUT2D eigenvalue weighted by Crippen LogP contribution is -2.53. The Bertz CT molecular complexity index is 394. The Labute approximate surface area is 94.3 Å². The van der Waals surface area contributed by atoms with Crippen LogP contribution in [0.25, 0.3) is 0 Å². The summed E-state index contributed by atoms with van der Waals surface area (Å²) < 4.78 is 13.5. The van der Waals surface area contributed by atoms with E-state index < -0.39 is 5.82 Å².